The van der Waals surface area contributed by atoms with Gasteiger partial charge in [-0.25, -0.2) is 9.59 Å². The monoisotopic (exact) mass is 234 g/mol. The van der Waals surface area contributed by atoms with Crippen LogP contribution in [0.5, 0.6) is 0 Å². The molecule has 0 heterocycles. The molecule has 0 fully saturated rings. The van der Waals surface area contributed by atoms with Crippen molar-refractivity contribution in [2.75, 3.05) is 0 Å². The molecule has 0 saturated carbocycles. The molecule has 98 valence electrons. The van der Waals surface area contributed by atoms with Crippen LogP contribution in [-0.4, -0.2) is 66.0 Å². The number of carboxylic acid groups (broad SMARTS) is 2. The van der Waals surface area contributed by atoms with Crippen LogP contribution in [0.4, 0.5) is 0 Å². The molecule has 0 rings (SSSR count). The van der Waals surface area contributed by atoms with Crippen molar-refractivity contribution in [1.29, 1.82) is 0 Å². The van der Waals surface area contributed by atoms with Crippen LogP contribution in [-0.2, 0) is 9.59 Å². The molecule has 0 spiro atoms. The molecule has 0 amide bonds. The minimum absolute atomic E-state index is 0. The van der Waals surface area contributed by atoms with Crippen LogP contribution in [0.15, 0.2) is 0 Å². The molecule has 0 aliphatic carbocycles. The van der Waals surface area contributed by atoms with Crippen LogP contribution < -0.4 is 0 Å². The van der Waals surface area contributed by atoms with Gasteiger partial charge < -0.3 is 54.0 Å². The van der Waals surface area contributed by atoms with Gasteiger partial charge in [-0.15, -0.1) is 0 Å². The van der Waals surface area contributed by atoms with Gasteiger partial charge in [0.15, 0.2) is 0 Å². The molecule has 0 radical (unpaired) electrons. The van der Waals surface area contributed by atoms with E-state index < -0.39 is 11.9 Å². The molecule has 0 atom stereocenters. The van der Waals surface area contributed by atoms with E-state index in [2.05, 4.69) is 0 Å². The normalized spacial score (nSPS) is 3.14. The van der Waals surface area contributed by atoms with Crippen molar-refractivity contribution in [3.8, 4) is 0 Å². The lowest BCUT2D eigenvalue weighted by molar-refractivity contribution is -0.159. The van der Waals surface area contributed by atoms with Gasteiger partial charge in [0.05, 0.1) is 0 Å². The fraction of sp³-hybridized carbons (Fsp3) is 0. The fourth-order valence-corrected chi connectivity index (χ4v) is 0. The number of hydrogen-bond acceptors (Lipinski definition) is 2. The summed E-state index contributed by atoms with van der Waals surface area (Å²) in [5.74, 6) is -3.65. The number of aliphatic carboxylic acids is 2. The number of rotatable bonds is 0. The van der Waals surface area contributed by atoms with Crippen molar-refractivity contribution in [2.24, 2.45) is 0 Å². The Morgan fingerprint density at radius 1 is 0.500 bits per heavy atom. The Morgan fingerprint density at radius 3 is 0.571 bits per heavy atom. The quantitative estimate of drug-likeness (QED) is 0.385. The molecule has 0 bridgehead atoms. The van der Waals surface area contributed by atoms with Crippen molar-refractivity contribution >= 4 is 11.9 Å². The Balaban J connectivity index is -0.00000000446. The van der Waals surface area contributed by atoms with Crippen LogP contribution in [0.2, 0.25) is 0 Å². The lowest BCUT2D eigenvalue weighted by atomic mass is 10.7. The van der Waals surface area contributed by atoms with Gasteiger partial charge in [0, 0.05) is 0 Å². The highest BCUT2D eigenvalue weighted by Crippen LogP contribution is 1.56. The highest BCUT2D eigenvalue weighted by molar-refractivity contribution is 6.27. The lowest BCUT2D eigenvalue weighted by Crippen LogP contribution is -2.09. The van der Waals surface area contributed by atoms with Crippen molar-refractivity contribution in [3.63, 3.8) is 0 Å². The van der Waals surface area contributed by atoms with Gasteiger partial charge in [-0.05, 0) is 0 Å². The number of hydrogen-bond donors (Lipinski definition) is 2. The first-order valence-electron chi connectivity index (χ1n) is 1.11. The minimum Gasteiger partial charge on any atom is -0.473 e. The predicted molar refractivity (Wildman–Crippen MR) is 44.2 cm³/mol. The summed E-state index contributed by atoms with van der Waals surface area (Å²) in [6.45, 7) is 0. The summed E-state index contributed by atoms with van der Waals surface area (Å²) < 4.78 is 0. The summed E-state index contributed by atoms with van der Waals surface area (Å²) in [7, 11) is 0. The molecular formula is C2H18O12. The lowest BCUT2D eigenvalue weighted by Gasteiger charge is -1.72. The highest BCUT2D eigenvalue weighted by Gasteiger charge is 2.04. The Kier molecular flexibility index (Phi) is 570. The number of carbonyl (C=O) groups is 2. The first-order valence-corrected chi connectivity index (χ1v) is 1.11. The molecule has 12 nitrogen and oxygen atoms in total. The maximum Gasteiger partial charge on any atom is 0.414 e. The summed E-state index contributed by atoms with van der Waals surface area (Å²) in [6, 6.07) is 0. The van der Waals surface area contributed by atoms with Crippen LogP contribution >= 0.6 is 0 Å². The van der Waals surface area contributed by atoms with Gasteiger partial charge in [0.1, 0.15) is 0 Å². The van der Waals surface area contributed by atoms with E-state index in [4.69, 9.17) is 19.8 Å². The van der Waals surface area contributed by atoms with Crippen molar-refractivity contribution in [1.82, 2.24) is 0 Å². The first-order chi connectivity index (χ1) is 2.64. The first kappa shape index (κ1) is 130. The second-order valence-electron chi connectivity index (χ2n) is 0.610. The third-order valence-corrected chi connectivity index (χ3v) is 0.183. The zero-order chi connectivity index (χ0) is 5.15. The molecule has 0 saturated heterocycles. The van der Waals surface area contributed by atoms with Gasteiger partial charge in [0.25, 0.3) is 0 Å². The van der Waals surface area contributed by atoms with Crippen LogP contribution in [0.3, 0.4) is 0 Å². The second-order valence-corrected chi connectivity index (χ2v) is 0.610. The molecule has 0 aliphatic heterocycles. The summed E-state index contributed by atoms with van der Waals surface area (Å²) in [5, 5.41) is 14.8. The smallest absolute Gasteiger partial charge is 0.414 e. The van der Waals surface area contributed by atoms with Gasteiger partial charge in [0.2, 0.25) is 0 Å². The Labute approximate surface area is 76.9 Å². The second kappa shape index (κ2) is 61.4. The van der Waals surface area contributed by atoms with E-state index in [1.54, 1.807) is 0 Å². The van der Waals surface area contributed by atoms with Gasteiger partial charge >= 0.3 is 11.9 Å². The summed E-state index contributed by atoms with van der Waals surface area (Å²) in [4.78, 5) is 18.2. The third-order valence-electron chi connectivity index (χ3n) is 0.183. The Hall–Kier alpha value is -1.38. The van der Waals surface area contributed by atoms with Crippen LogP contribution in [0.1, 0.15) is 0 Å². The largest absolute Gasteiger partial charge is 0.473 e. The molecular weight excluding hydrogens is 216 g/mol. The topological polar surface area (TPSA) is 327 Å². The SMILES string of the molecule is O.O.O.O.O.O.O.O.O=C(O)C(=O)O. The molecule has 0 aromatic rings. The fourth-order valence-electron chi connectivity index (χ4n) is 0. The van der Waals surface area contributed by atoms with Crippen LogP contribution in [0.25, 0.3) is 0 Å². The van der Waals surface area contributed by atoms with E-state index >= 15 is 0 Å². The van der Waals surface area contributed by atoms with Gasteiger partial charge in [-0.3, -0.25) is 0 Å². The van der Waals surface area contributed by atoms with E-state index in [1.165, 1.54) is 0 Å². The van der Waals surface area contributed by atoms with E-state index in [-0.39, 0.29) is 43.8 Å². The molecule has 0 unspecified atom stereocenters. The molecule has 0 aromatic carbocycles. The average molecular weight is 234 g/mol. The molecule has 0 aromatic heterocycles. The standard InChI is InChI=1S/C2H2O4.8H2O/c3-1(4)2(5)6;;;;;;;;/h(H,3,4)(H,5,6);8*1H2. The minimum atomic E-state index is -1.82. The Bertz CT molecular complexity index is 74.3. The van der Waals surface area contributed by atoms with E-state index in [1.807, 2.05) is 0 Å². The molecule has 18 N–H and O–H groups in total. The third kappa shape index (κ3) is 143. The Morgan fingerprint density at radius 2 is 0.571 bits per heavy atom. The molecule has 0 aliphatic rings. The average Bonchev–Trinajstić information content (AvgIpc) is 1.36. The van der Waals surface area contributed by atoms with E-state index in [0.717, 1.165) is 0 Å². The molecule has 12 heteroatoms. The van der Waals surface area contributed by atoms with E-state index in [9.17, 15) is 0 Å². The van der Waals surface area contributed by atoms with Gasteiger partial charge in [-0.2, -0.15) is 0 Å². The summed E-state index contributed by atoms with van der Waals surface area (Å²) >= 11 is 0. The predicted octanol–water partition coefficient (Wildman–Crippen LogP) is -7.44. The zero-order valence-electron chi connectivity index (χ0n) is 6.71. The maximum atomic E-state index is 9.10. The number of carboxylic acids is 2. The zero-order valence-corrected chi connectivity index (χ0v) is 6.71. The summed E-state index contributed by atoms with van der Waals surface area (Å²) in [5.41, 5.74) is 0. The van der Waals surface area contributed by atoms with Gasteiger partial charge in [-0.1, -0.05) is 0 Å². The molecule has 14 heavy (non-hydrogen) atoms. The van der Waals surface area contributed by atoms with Crippen molar-refractivity contribution < 1.29 is 63.6 Å². The maximum absolute atomic E-state index is 9.10. The highest BCUT2D eigenvalue weighted by atomic mass is 16.4. The van der Waals surface area contributed by atoms with Crippen molar-refractivity contribution in [2.45, 2.75) is 0 Å². The van der Waals surface area contributed by atoms with Crippen LogP contribution in [0, 0.1) is 0 Å². The van der Waals surface area contributed by atoms with Crippen molar-refractivity contribution in [3.05, 3.63) is 0 Å². The van der Waals surface area contributed by atoms with E-state index in [0.29, 0.717) is 0 Å². The summed E-state index contributed by atoms with van der Waals surface area (Å²) in [6.07, 6.45) is 0.